The Balaban J connectivity index is 1.60. The predicted octanol–water partition coefficient (Wildman–Crippen LogP) is 6.86. The molecule has 174 valence electrons. The lowest BCUT2D eigenvalue weighted by Crippen LogP contribution is -2.38. The van der Waals surface area contributed by atoms with Crippen molar-refractivity contribution in [3.63, 3.8) is 0 Å². The topological polar surface area (TPSA) is 42.7 Å². The Bertz CT molecular complexity index is 998. The highest BCUT2D eigenvalue weighted by Crippen LogP contribution is 2.40. The minimum Gasteiger partial charge on any atom is -0.459 e. The van der Waals surface area contributed by atoms with Crippen LogP contribution in [0.3, 0.4) is 0 Å². The van der Waals surface area contributed by atoms with Gasteiger partial charge in [0.1, 0.15) is 0 Å². The van der Waals surface area contributed by atoms with Crippen molar-refractivity contribution < 1.29 is 13.9 Å². The third-order valence-corrected chi connectivity index (χ3v) is 6.96. The molecule has 1 saturated heterocycles. The monoisotopic (exact) mass is 445 g/mol. The number of nitrogens with zero attached hydrogens (tertiary/aromatic N) is 1. The van der Waals surface area contributed by atoms with E-state index >= 15 is 0 Å². The first kappa shape index (κ1) is 23.3. The zero-order valence-corrected chi connectivity index (χ0v) is 19.9. The second-order valence-corrected chi connectivity index (χ2v) is 9.73. The molecule has 1 aliphatic heterocycles. The summed E-state index contributed by atoms with van der Waals surface area (Å²) < 4.78 is 11.5. The maximum Gasteiger partial charge on any atom is 0.290 e. The van der Waals surface area contributed by atoms with Crippen LogP contribution in [0.2, 0.25) is 0 Å². The van der Waals surface area contributed by atoms with E-state index in [4.69, 9.17) is 9.15 Å². The number of rotatable bonds is 8. The van der Waals surface area contributed by atoms with Gasteiger partial charge in [0.25, 0.3) is 5.91 Å². The summed E-state index contributed by atoms with van der Waals surface area (Å²) in [4.78, 5) is 15.4. The molecule has 4 heteroatoms. The average molecular weight is 446 g/mol. The number of hydrogen-bond donors (Lipinski definition) is 0. The maximum absolute atomic E-state index is 13.5. The summed E-state index contributed by atoms with van der Waals surface area (Å²) in [6.07, 6.45) is 4.53. The Labute approximate surface area is 197 Å². The van der Waals surface area contributed by atoms with Crippen LogP contribution in [0.15, 0.2) is 83.5 Å². The van der Waals surface area contributed by atoms with E-state index in [1.165, 1.54) is 5.56 Å². The van der Waals surface area contributed by atoms with Crippen molar-refractivity contribution in [1.29, 1.82) is 0 Å². The van der Waals surface area contributed by atoms with Crippen LogP contribution in [-0.4, -0.2) is 29.6 Å². The molecule has 0 radical (unpaired) electrons. The minimum absolute atomic E-state index is 0.0497. The molecule has 1 aromatic heterocycles. The first-order valence-electron chi connectivity index (χ1n) is 12.0. The molecule has 3 aromatic rings. The van der Waals surface area contributed by atoms with Gasteiger partial charge in [-0.1, -0.05) is 60.7 Å². The third kappa shape index (κ3) is 5.75. The normalized spacial score (nSPS) is 19.5. The molecule has 0 aliphatic carbocycles. The van der Waals surface area contributed by atoms with Gasteiger partial charge in [-0.3, -0.25) is 4.79 Å². The zero-order valence-electron chi connectivity index (χ0n) is 19.9. The lowest BCUT2D eigenvalue weighted by Gasteiger charge is -2.40. The van der Waals surface area contributed by atoms with E-state index in [1.807, 2.05) is 23.1 Å². The van der Waals surface area contributed by atoms with E-state index in [0.717, 1.165) is 31.4 Å². The van der Waals surface area contributed by atoms with Crippen LogP contribution in [0.1, 0.15) is 73.7 Å². The standard InChI is InChI=1S/C29H35NO3/c1-22(23-11-6-4-7-12-23)30(28(31)27-15-10-19-32-27)18-16-26(24-13-8-5-9-14-24)25-17-20-33-29(2,3)21-25/h4-15,19,22,25-26H,16-18,20-21H2,1-3H3/t22-,25+,26-/m1/s1. The van der Waals surface area contributed by atoms with Gasteiger partial charge in [-0.05, 0) is 75.1 Å². The molecule has 2 heterocycles. The summed E-state index contributed by atoms with van der Waals surface area (Å²) in [5.41, 5.74) is 2.36. The van der Waals surface area contributed by atoms with E-state index in [1.54, 1.807) is 18.4 Å². The van der Waals surface area contributed by atoms with Crippen LogP contribution < -0.4 is 0 Å². The lowest BCUT2D eigenvalue weighted by molar-refractivity contribution is -0.0775. The van der Waals surface area contributed by atoms with Gasteiger partial charge in [0.15, 0.2) is 5.76 Å². The van der Waals surface area contributed by atoms with Crippen LogP contribution in [0.5, 0.6) is 0 Å². The van der Waals surface area contributed by atoms with Crippen molar-refractivity contribution in [3.8, 4) is 0 Å². The molecule has 0 bridgehead atoms. The molecule has 0 unspecified atom stereocenters. The van der Waals surface area contributed by atoms with Crippen LogP contribution in [0, 0.1) is 5.92 Å². The molecular formula is C29H35NO3. The molecule has 1 aliphatic rings. The first-order valence-corrected chi connectivity index (χ1v) is 12.0. The second-order valence-electron chi connectivity index (χ2n) is 9.73. The summed E-state index contributed by atoms with van der Waals surface area (Å²) in [7, 11) is 0. The number of benzene rings is 2. The zero-order chi connectivity index (χ0) is 23.3. The highest BCUT2D eigenvalue weighted by molar-refractivity contribution is 5.91. The molecule has 0 N–H and O–H groups in total. The van der Waals surface area contributed by atoms with Crippen molar-refractivity contribution in [3.05, 3.63) is 95.9 Å². The van der Waals surface area contributed by atoms with E-state index in [9.17, 15) is 4.79 Å². The molecular weight excluding hydrogens is 410 g/mol. The summed E-state index contributed by atoms with van der Waals surface area (Å²) in [5, 5.41) is 0. The van der Waals surface area contributed by atoms with E-state index in [0.29, 0.717) is 24.1 Å². The molecule has 3 atom stereocenters. The van der Waals surface area contributed by atoms with Crippen LogP contribution in [-0.2, 0) is 4.74 Å². The van der Waals surface area contributed by atoms with Gasteiger partial charge in [0, 0.05) is 13.2 Å². The van der Waals surface area contributed by atoms with Gasteiger partial charge >= 0.3 is 0 Å². The number of carbonyl (C=O) groups excluding carboxylic acids is 1. The maximum atomic E-state index is 13.5. The van der Waals surface area contributed by atoms with Gasteiger partial charge in [-0.15, -0.1) is 0 Å². The molecule has 33 heavy (non-hydrogen) atoms. The van der Waals surface area contributed by atoms with Gasteiger partial charge in [0.2, 0.25) is 0 Å². The van der Waals surface area contributed by atoms with Gasteiger partial charge in [0.05, 0.1) is 17.9 Å². The molecule has 1 amide bonds. The number of carbonyl (C=O) groups is 1. The van der Waals surface area contributed by atoms with Crippen molar-refractivity contribution in [2.24, 2.45) is 5.92 Å². The number of hydrogen-bond acceptors (Lipinski definition) is 3. The molecule has 2 aromatic carbocycles. The smallest absolute Gasteiger partial charge is 0.290 e. The molecule has 0 saturated carbocycles. The largest absolute Gasteiger partial charge is 0.459 e. The lowest BCUT2D eigenvalue weighted by atomic mass is 9.75. The fourth-order valence-corrected chi connectivity index (χ4v) is 5.20. The van der Waals surface area contributed by atoms with Crippen molar-refractivity contribution in [2.75, 3.05) is 13.2 Å². The molecule has 1 fully saturated rings. The van der Waals surface area contributed by atoms with Crippen molar-refractivity contribution in [1.82, 2.24) is 4.90 Å². The van der Waals surface area contributed by atoms with Gasteiger partial charge in [-0.25, -0.2) is 0 Å². The molecule has 4 nitrogen and oxygen atoms in total. The van der Waals surface area contributed by atoms with Crippen molar-refractivity contribution in [2.45, 2.75) is 57.6 Å². The van der Waals surface area contributed by atoms with E-state index in [2.05, 4.69) is 63.2 Å². The quantitative estimate of drug-likeness (QED) is 0.380. The summed E-state index contributed by atoms with van der Waals surface area (Å²) >= 11 is 0. The fraction of sp³-hybridized carbons (Fsp3) is 0.414. The van der Waals surface area contributed by atoms with Crippen molar-refractivity contribution >= 4 is 5.91 Å². The summed E-state index contributed by atoms with van der Waals surface area (Å²) in [6.45, 7) is 7.92. The molecule has 4 rings (SSSR count). The molecule has 0 spiro atoms. The third-order valence-electron chi connectivity index (χ3n) is 6.96. The highest BCUT2D eigenvalue weighted by Gasteiger charge is 2.35. The Kier molecular flexibility index (Phi) is 7.34. The SMILES string of the molecule is C[C@H](c1ccccc1)N(CC[C@H](c1ccccc1)[C@H]1CCOC(C)(C)C1)C(=O)c1ccco1. The minimum atomic E-state index is -0.114. The van der Waals surface area contributed by atoms with Crippen LogP contribution >= 0.6 is 0 Å². The van der Waals surface area contributed by atoms with E-state index in [-0.39, 0.29) is 17.6 Å². The summed E-state index contributed by atoms with van der Waals surface area (Å²) in [6, 6.07) is 24.5. The Hall–Kier alpha value is -2.85. The predicted molar refractivity (Wildman–Crippen MR) is 131 cm³/mol. The Morgan fingerprint density at radius 1 is 1.00 bits per heavy atom. The van der Waals surface area contributed by atoms with Crippen LogP contribution in [0.25, 0.3) is 0 Å². The number of ether oxygens (including phenoxy) is 1. The Morgan fingerprint density at radius 2 is 1.67 bits per heavy atom. The highest BCUT2D eigenvalue weighted by atomic mass is 16.5. The van der Waals surface area contributed by atoms with E-state index < -0.39 is 0 Å². The van der Waals surface area contributed by atoms with Gasteiger partial charge in [-0.2, -0.15) is 0 Å². The fourth-order valence-electron chi connectivity index (χ4n) is 5.20. The first-order chi connectivity index (χ1) is 15.9. The Morgan fingerprint density at radius 3 is 2.27 bits per heavy atom. The van der Waals surface area contributed by atoms with Gasteiger partial charge < -0.3 is 14.1 Å². The summed E-state index contributed by atoms with van der Waals surface area (Å²) in [5.74, 6) is 1.21. The average Bonchev–Trinajstić information content (AvgIpc) is 3.37. The number of furan rings is 1. The second kappa shape index (κ2) is 10.4. The number of amides is 1. The van der Waals surface area contributed by atoms with Crippen LogP contribution in [0.4, 0.5) is 0 Å².